The van der Waals surface area contributed by atoms with Gasteiger partial charge in [0.25, 0.3) is 5.69 Å². The summed E-state index contributed by atoms with van der Waals surface area (Å²) in [6.07, 6.45) is 5.85. The smallest absolute Gasteiger partial charge is 0.270 e. The molecule has 1 aliphatic rings. The minimum absolute atomic E-state index is 0.0400. The zero-order chi connectivity index (χ0) is 14.5. The van der Waals surface area contributed by atoms with E-state index >= 15 is 0 Å². The SMILES string of the molecule is CCC1CCC(Nc2ccc([N+](=O)[O-])cc2C#N)CC1. The van der Waals surface area contributed by atoms with Gasteiger partial charge in [-0.2, -0.15) is 5.26 Å². The first-order valence-electron chi connectivity index (χ1n) is 7.09. The number of nitriles is 1. The van der Waals surface area contributed by atoms with E-state index in [1.165, 1.54) is 31.4 Å². The molecule has 1 aliphatic carbocycles. The van der Waals surface area contributed by atoms with Crippen molar-refractivity contribution < 1.29 is 4.92 Å². The number of hydrogen-bond donors (Lipinski definition) is 1. The molecule has 0 atom stereocenters. The first kappa shape index (κ1) is 14.3. The zero-order valence-electron chi connectivity index (χ0n) is 11.6. The molecule has 2 rings (SSSR count). The van der Waals surface area contributed by atoms with E-state index in [-0.39, 0.29) is 5.69 Å². The molecular weight excluding hydrogens is 254 g/mol. The Hall–Kier alpha value is -2.09. The van der Waals surface area contributed by atoms with Gasteiger partial charge in [-0.3, -0.25) is 10.1 Å². The Bertz CT molecular complexity index is 528. The van der Waals surface area contributed by atoms with Crippen molar-refractivity contribution in [3.05, 3.63) is 33.9 Å². The van der Waals surface area contributed by atoms with Crippen molar-refractivity contribution in [3.63, 3.8) is 0 Å². The van der Waals surface area contributed by atoms with Crippen LogP contribution in [0.5, 0.6) is 0 Å². The van der Waals surface area contributed by atoms with E-state index < -0.39 is 4.92 Å². The summed E-state index contributed by atoms with van der Waals surface area (Å²) in [7, 11) is 0. The summed E-state index contributed by atoms with van der Waals surface area (Å²) < 4.78 is 0. The molecule has 1 fully saturated rings. The van der Waals surface area contributed by atoms with Crippen molar-refractivity contribution in [2.45, 2.75) is 45.1 Å². The molecule has 0 spiro atoms. The number of nitro benzene ring substituents is 1. The minimum Gasteiger partial charge on any atom is -0.381 e. The highest BCUT2D eigenvalue weighted by molar-refractivity contribution is 5.61. The monoisotopic (exact) mass is 273 g/mol. The summed E-state index contributed by atoms with van der Waals surface area (Å²) in [6.45, 7) is 2.22. The topological polar surface area (TPSA) is 79.0 Å². The second-order valence-electron chi connectivity index (χ2n) is 5.37. The van der Waals surface area contributed by atoms with Crippen molar-refractivity contribution in [2.24, 2.45) is 5.92 Å². The van der Waals surface area contributed by atoms with Gasteiger partial charge in [0.05, 0.1) is 16.2 Å². The van der Waals surface area contributed by atoms with Crippen LogP contribution in [0.3, 0.4) is 0 Å². The molecule has 0 saturated heterocycles. The van der Waals surface area contributed by atoms with Crippen molar-refractivity contribution >= 4 is 11.4 Å². The Morgan fingerprint density at radius 1 is 1.40 bits per heavy atom. The van der Waals surface area contributed by atoms with Gasteiger partial charge in [0.1, 0.15) is 6.07 Å². The zero-order valence-corrected chi connectivity index (χ0v) is 11.6. The molecule has 20 heavy (non-hydrogen) atoms. The summed E-state index contributed by atoms with van der Waals surface area (Å²) in [5.41, 5.74) is 1.01. The summed E-state index contributed by atoms with van der Waals surface area (Å²) in [4.78, 5) is 10.2. The highest BCUT2D eigenvalue weighted by Gasteiger charge is 2.21. The maximum Gasteiger partial charge on any atom is 0.270 e. The fourth-order valence-corrected chi connectivity index (χ4v) is 2.80. The number of non-ortho nitro benzene ring substituents is 1. The average Bonchev–Trinajstić information content (AvgIpc) is 2.48. The molecule has 0 heterocycles. The molecule has 0 amide bonds. The van der Waals surface area contributed by atoms with Gasteiger partial charge in [0, 0.05) is 18.2 Å². The van der Waals surface area contributed by atoms with Crippen molar-refractivity contribution in [3.8, 4) is 6.07 Å². The van der Waals surface area contributed by atoms with Crippen LogP contribution in [0, 0.1) is 27.4 Å². The molecule has 0 radical (unpaired) electrons. The summed E-state index contributed by atoms with van der Waals surface area (Å²) in [6, 6.07) is 6.82. The highest BCUT2D eigenvalue weighted by atomic mass is 16.6. The van der Waals surface area contributed by atoms with Crippen molar-refractivity contribution in [1.29, 1.82) is 5.26 Å². The molecule has 1 N–H and O–H groups in total. The number of hydrogen-bond acceptors (Lipinski definition) is 4. The Balaban J connectivity index is 2.06. The molecular formula is C15H19N3O2. The van der Waals surface area contributed by atoms with E-state index in [9.17, 15) is 10.1 Å². The summed E-state index contributed by atoms with van der Waals surface area (Å²) in [5, 5.41) is 23.2. The summed E-state index contributed by atoms with van der Waals surface area (Å²) >= 11 is 0. The molecule has 0 aliphatic heterocycles. The average molecular weight is 273 g/mol. The van der Waals surface area contributed by atoms with Gasteiger partial charge >= 0.3 is 0 Å². The molecule has 5 heteroatoms. The van der Waals surface area contributed by atoms with Crippen LogP contribution in [0.15, 0.2) is 18.2 Å². The lowest BCUT2D eigenvalue weighted by Crippen LogP contribution is -2.26. The molecule has 0 unspecified atom stereocenters. The minimum atomic E-state index is -0.475. The van der Waals surface area contributed by atoms with E-state index in [0.29, 0.717) is 17.3 Å². The largest absolute Gasteiger partial charge is 0.381 e. The van der Waals surface area contributed by atoms with Gasteiger partial charge in [0.2, 0.25) is 0 Å². The molecule has 0 bridgehead atoms. The Morgan fingerprint density at radius 2 is 2.10 bits per heavy atom. The lowest BCUT2D eigenvalue weighted by atomic mass is 9.84. The number of rotatable bonds is 4. The summed E-state index contributed by atoms with van der Waals surface area (Å²) in [5.74, 6) is 0.820. The van der Waals surface area contributed by atoms with Crippen LogP contribution in [0.1, 0.15) is 44.6 Å². The number of nitro groups is 1. The van der Waals surface area contributed by atoms with Gasteiger partial charge in [-0.15, -0.1) is 0 Å². The van der Waals surface area contributed by atoms with Crippen LogP contribution < -0.4 is 5.32 Å². The second kappa shape index (κ2) is 6.38. The Kier molecular flexibility index (Phi) is 4.57. The third-order valence-electron chi connectivity index (χ3n) is 4.12. The number of nitrogens with one attached hydrogen (secondary N) is 1. The predicted octanol–water partition coefficient (Wildman–Crippen LogP) is 3.85. The van der Waals surface area contributed by atoms with Crippen LogP contribution in [-0.2, 0) is 0 Å². The second-order valence-corrected chi connectivity index (χ2v) is 5.37. The fraction of sp³-hybridized carbons (Fsp3) is 0.533. The maximum atomic E-state index is 10.7. The van der Waals surface area contributed by atoms with Crippen molar-refractivity contribution in [2.75, 3.05) is 5.32 Å². The van der Waals surface area contributed by atoms with Crippen LogP contribution in [0.2, 0.25) is 0 Å². The first-order chi connectivity index (χ1) is 9.63. The number of nitrogens with zero attached hydrogens (tertiary/aromatic N) is 2. The van der Waals surface area contributed by atoms with Crippen molar-refractivity contribution in [1.82, 2.24) is 0 Å². The third kappa shape index (κ3) is 3.27. The molecule has 0 aromatic heterocycles. The Morgan fingerprint density at radius 3 is 2.65 bits per heavy atom. The Labute approximate surface area is 118 Å². The van der Waals surface area contributed by atoms with Gasteiger partial charge < -0.3 is 5.32 Å². The molecule has 1 saturated carbocycles. The van der Waals surface area contributed by atoms with Gasteiger partial charge in [0.15, 0.2) is 0 Å². The normalized spacial score (nSPS) is 22.0. The van der Waals surface area contributed by atoms with E-state index in [4.69, 9.17) is 5.26 Å². The maximum absolute atomic E-state index is 10.7. The van der Waals surface area contributed by atoms with E-state index in [2.05, 4.69) is 12.2 Å². The molecule has 1 aromatic carbocycles. The molecule has 5 nitrogen and oxygen atoms in total. The lowest BCUT2D eigenvalue weighted by molar-refractivity contribution is -0.384. The first-order valence-corrected chi connectivity index (χ1v) is 7.09. The van der Waals surface area contributed by atoms with Gasteiger partial charge in [-0.25, -0.2) is 0 Å². The van der Waals surface area contributed by atoms with Gasteiger partial charge in [-0.1, -0.05) is 13.3 Å². The molecule has 1 aromatic rings. The predicted molar refractivity (Wildman–Crippen MR) is 77.5 cm³/mol. The van der Waals surface area contributed by atoms with Crippen LogP contribution >= 0.6 is 0 Å². The van der Waals surface area contributed by atoms with Crippen LogP contribution in [0.4, 0.5) is 11.4 Å². The fourth-order valence-electron chi connectivity index (χ4n) is 2.80. The lowest BCUT2D eigenvalue weighted by Gasteiger charge is -2.29. The highest BCUT2D eigenvalue weighted by Crippen LogP contribution is 2.30. The standard InChI is InChI=1S/C15H19N3O2/c1-2-11-3-5-13(6-4-11)17-15-8-7-14(18(19)20)9-12(15)10-16/h7-9,11,13,17H,2-6H2,1H3. The third-order valence-corrected chi connectivity index (χ3v) is 4.12. The van der Waals surface area contributed by atoms with E-state index in [1.807, 2.05) is 6.07 Å². The number of anilines is 1. The quantitative estimate of drug-likeness (QED) is 0.667. The number of benzene rings is 1. The van der Waals surface area contributed by atoms with Crippen LogP contribution in [-0.4, -0.2) is 11.0 Å². The van der Waals surface area contributed by atoms with E-state index in [0.717, 1.165) is 18.8 Å². The van der Waals surface area contributed by atoms with Crippen LogP contribution in [0.25, 0.3) is 0 Å². The molecule has 106 valence electrons. The van der Waals surface area contributed by atoms with Gasteiger partial charge in [-0.05, 0) is 37.7 Å². The van der Waals surface area contributed by atoms with E-state index in [1.54, 1.807) is 6.07 Å².